The van der Waals surface area contributed by atoms with Crippen LogP contribution in [0.5, 0.6) is 0 Å². The van der Waals surface area contributed by atoms with Crippen molar-refractivity contribution >= 4 is 5.91 Å². The molecule has 0 bridgehead atoms. The number of hydrogen-bond acceptors (Lipinski definition) is 2. The van der Waals surface area contributed by atoms with Crippen molar-refractivity contribution in [1.29, 1.82) is 5.26 Å². The zero-order valence-corrected chi connectivity index (χ0v) is 12.4. The summed E-state index contributed by atoms with van der Waals surface area (Å²) in [6.07, 6.45) is 2.92. The fraction of sp³-hybridized carbons (Fsp3) is 0.263. The van der Waals surface area contributed by atoms with Gasteiger partial charge >= 0.3 is 0 Å². The van der Waals surface area contributed by atoms with Crippen LogP contribution in [0.25, 0.3) is 0 Å². The van der Waals surface area contributed by atoms with Crippen LogP contribution < -0.4 is 5.32 Å². The molecule has 3 heteroatoms. The molecule has 1 fully saturated rings. The summed E-state index contributed by atoms with van der Waals surface area (Å²) in [4.78, 5) is 12.7. The first kappa shape index (κ1) is 14.3. The maximum absolute atomic E-state index is 12.7. The van der Waals surface area contributed by atoms with Crippen molar-refractivity contribution < 1.29 is 4.79 Å². The number of benzene rings is 2. The molecule has 3 nitrogen and oxygen atoms in total. The normalized spacial score (nSPS) is 15.4. The molecule has 1 amide bonds. The van der Waals surface area contributed by atoms with Crippen molar-refractivity contribution in [3.63, 3.8) is 0 Å². The maximum atomic E-state index is 12.7. The SMILES string of the molecule is N#Cc1ccc(CNC(=O)C2(c3ccccc3)CCC2)cc1. The molecule has 0 radical (unpaired) electrons. The molecule has 1 N–H and O–H groups in total. The largest absolute Gasteiger partial charge is 0.351 e. The van der Waals surface area contributed by atoms with Crippen molar-refractivity contribution in [3.05, 3.63) is 71.3 Å². The van der Waals surface area contributed by atoms with Gasteiger partial charge in [-0.1, -0.05) is 48.9 Å². The van der Waals surface area contributed by atoms with Crippen molar-refractivity contribution in [2.75, 3.05) is 0 Å². The molecule has 0 unspecified atom stereocenters. The van der Waals surface area contributed by atoms with E-state index in [-0.39, 0.29) is 11.3 Å². The quantitative estimate of drug-likeness (QED) is 0.939. The molecule has 1 aliphatic carbocycles. The first-order valence-corrected chi connectivity index (χ1v) is 7.57. The maximum Gasteiger partial charge on any atom is 0.230 e. The lowest BCUT2D eigenvalue weighted by atomic mass is 9.64. The lowest BCUT2D eigenvalue weighted by Gasteiger charge is -2.40. The number of rotatable bonds is 4. The van der Waals surface area contributed by atoms with Crippen LogP contribution in [0.4, 0.5) is 0 Å². The minimum absolute atomic E-state index is 0.106. The molecule has 0 saturated heterocycles. The molecule has 0 atom stereocenters. The van der Waals surface area contributed by atoms with Gasteiger partial charge in [0, 0.05) is 6.54 Å². The zero-order valence-electron chi connectivity index (χ0n) is 12.4. The summed E-state index contributed by atoms with van der Waals surface area (Å²) in [5.74, 6) is 0.106. The number of nitrogens with one attached hydrogen (secondary N) is 1. The smallest absolute Gasteiger partial charge is 0.230 e. The third-order valence-electron chi connectivity index (χ3n) is 4.50. The van der Waals surface area contributed by atoms with Gasteiger partial charge in [0.2, 0.25) is 5.91 Å². The Bertz CT molecular complexity index is 694. The van der Waals surface area contributed by atoms with Gasteiger partial charge in [-0.15, -0.1) is 0 Å². The van der Waals surface area contributed by atoms with E-state index in [2.05, 4.69) is 11.4 Å². The van der Waals surface area contributed by atoms with Crippen molar-refractivity contribution in [2.24, 2.45) is 0 Å². The van der Waals surface area contributed by atoms with E-state index in [0.717, 1.165) is 30.4 Å². The van der Waals surface area contributed by atoms with Crippen LogP contribution in [-0.2, 0) is 16.8 Å². The molecule has 0 spiro atoms. The molecule has 1 aliphatic rings. The number of carbonyl (C=O) groups excluding carboxylic acids is 1. The first-order chi connectivity index (χ1) is 10.7. The van der Waals surface area contributed by atoms with Gasteiger partial charge in [-0.3, -0.25) is 4.79 Å². The van der Waals surface area contributed by atoms with Crippen LogP contribution in [0.2, 0.25) is 0 Å². The minimum Gasteiger partial charge on any atom is -0.351 e. The predicted octanol–water partition coefficient (Wildman–Crippen LogP) is 3.30. The van der Waals surface area contributed by atoms with E-state index in [0.29, 0.717) is 12.1 Å². The minimum atomic E-state index is -0.353. The fourth-order valence-corrected chi connectivity index (χ4v) is 2.98. The van der Waals surface area contributed by atoms with Crippen LogP contribution in [0, 0.1) is 11.3 Å². The first-order valence-electron chi connectivity index (χ1n) is 7.57. The van der Waals surface area contributed by atoms with Crippen LogP contribution >= 0.6 is 0 Å². The molecular formula is C19H18N2O. The molecule has 0 heterocycles. The highest BCUT2D eigenvalue weighted by atomic mass is 16.2. The van der Waals surface area contributed by atoms with Crippen LogP contribution in [0.15, 0.2) is 54.6 Å². The molecule has 0 aliphatic heterocycles. The summed E-state index contributed by atoms with van der Waals surface area (Å²) >= 11 is 0. The van der Waals surface area contributed by atoms with Gasteiger partial charge in [-0.2, -0.15) is 5.26 Å². The Kier molecular flexibility index (Phi) is 3.93. The number of carbonyl (C=O) groups is 1. The Morgan fingerprint density at radius 3 is 2.32 bits per heavy atom. The summed E-state index contributed by atoms with van der Waals surface area (Å²) in [5.41, 5.74) is 2.40. The summed E-state index contributed by atoms with van der Waals surface area (Å²) in [6, 6.07) is 19.5. The second-order valence-electron chi connectivity index (χ2n) is 5.79. The molecule has 3 rings (SSSR count). The van der Waals surface area contributed by atoms with E-state index in [1.54, 1.807) is 12.1 Å². The lowest BCUT2D eigenvalue weighted by molar-refractivity contribution is -0.130. The molecule has 110 valence electrons. The number of hydrogen-bond donors (Lipinski definition) is 1. The van der Waals surface area contributed by atoms with Gasteiger partial charge < -0.3 is 5.32 Å². The van der Waals surface area contributed by atoms with Gasteiger partial charge in [0.05, 0.1) is 17.0 Å². The van der Waals surface area contributed by atoms with E-state index in [1.807, 2.05) is 42.5 Å². The van der Waals surface area contributed by atoms with E-state index in [1.165, 1.54) is 0 Å². The zero-order chi connectivity index (χ0) is 15.4. The highest BCUT2D eigenvalue weighted by Gasteiger charge is 2.45. The van der Waals surface area contributed by atoms with Crippen molar-refractivity contribution in [1.82, 2.24) is 5.32 Å². The van der Waals surface area contributed by atoms with Gasteiger partial charge in [0.25, 0.3) is 0 Å². The Morgan fingerprint density at radius 2 is 1.77 bits per heavy atom. The Hall–Kier alpha value is -2.60. The average molecular weight is 290 g/mol. The van der Waals surface area contributed by atoms with Crippen LogP contribution in [0.3, 0.4) is 0 Å². The molecule has 2 aromatic rings. The summed E-state index contributed by atoms with van der Waals surface area (Å²) in [5, 5.41) is 11.9. The van der Waals surface area contributed by atoms with E-state index in [9.17, 15) is 4.79 Å². The van der Waals surface area contributed by atoms with E-state index in [4.69, 9.17) is 5.26 Å². The van der Waals surface area contributed by atoms with Gasteiger partial charge in [-0.25, -0.2) is 0 Å². The van der Waals surface area contributed by atoms with Gasteiger partial charge in [0.15, 0.2) is 0 Å². The highest BCUT2D eigenvalue weighted by molar-refractivity contribution is 5.89. The molecule has 0 aromatic heterocycles. The highest BCUT2D eigenvalue weighted by Crippen LogP contribution is 2.43. The Morgan fingerprint density at radius 1 is 1.09 bits per heavy atom. The summed E-state index contributed by atoms with van der Waals surface area (Å²) < 4.78 is 0. The second-order valence-corrected chi connectivity index (χ2v) is 5.79. The average Bonchev–Trinajstić information content (AvgIpc) is 2.53. The standard InChI is InChI=1S/C19H18N2O/c20-13-15-7-9-16(10-8-15)14-21-18(22)19(11-4-12-19)17-5-2-1-3-6-17/h1-3,5-10H,4,11-12,14H2,(H,21,22). The van der Waals surface area contributed by atoms with Crippen molar-refractivity contribution in [2.45, 2.75) is 31.2 Å². The third-order valence-corrected chi connectivity index (χ3v) is 4.50. The Balaban J connectivity index is 1.69. The summed E-state index contributed by atoms with van der Waals surface area (Å²) in [6.45, 7) is 0.499. The second kappa shape index (κ2) is 6.03. The van der Waals surface area contributed by atoms with E-state index >= 15 is 0 Å². The van der Waals surface area contributed by atoms with E-state index < -0.39 is 0 Å². The van der Waals surface area contributed by atoms with Crippen LogP contribution in [-0.4, -0.2) is 5.91 Å². The molecule has 22 heavy (non-hydrogen) atoms. The topological polar surface area (TPSA) is 52.9 Å². The van der Waals surface area contributed by atoms with Gasteiger partial charge in [-0.05, 0) is 36.1 Å². The number of amides is 1. The predicted molar refractivity (Wildman–Crippen MR) is 85.0 cm³/mol. The molecule has 2 aromatic carbocycles. The van der Waals surface area contributed by atoms with Crippen LogP contribution in [0.1, 0.15) is 36.0 Å². The molecule has 1 saturated carbocycles. The third kappa shape index (κ3) is 2.60. The molecular weight excluding hydrogens is 272 g/mol. The summed E-state index contributed by atoms with van der Waals surface area (Å²) in [7, 11) is 0. The number of nitrogens with zero attached hydrogens (tertiary/aromatic N) is 1. The monoisotopic (exact) mass is 290 g/mol. The van der Waals surface area contributed by atoms with Gasteiger partial charge in [0.1, 0.15) is 0 Å². The fourth-order valence-electron chi connectivity index (χ4n) is 2.98. The lowest BCUT2D eigenvalue weighted by Crippen LogP contribution is -2.48. The number of nitriles is 1. The van der Waals surface area contributed by atoms with Crippen molar-refractivity contribution in [3.8, 4) is 6.07 Å². The Labute approximate surface area is 130 Å².